The summed E-state index contributed by atoms with van der Waals surface area (Å²) in [4.78, 5) is 18.6. The van der Waals surface area contributed by atoms with Crippen molar-refractivity contribution in [3.05, 3.63) is 0 Å². The van der Waals surface area contributed by atoms with Crippen LogP contribution < -0.4 is 5.32 Å². The minimum atomic E-state index is 0.281. The Hall–Kier alpha value is -0.650. The van der Waals surface area contributed by atoms with Crippen LogP contribution in [-0.4, -0.2) is 88.1 Å². The maximum Gasteiger partial charge on any atom is 0.223 e. The zero-order chi connectivity index (χ0) is 15.4. The number of nitrogens with zero attached hydrogens (tertiary/aromatic N) is 3. The Bertz CT molecular complexity index is 230. The fourth-order valence-corrected chi connectivity index (χ4v) is 2.05. The van der Waals surface area contributed by atoms with E-state index in [2.05, 4.69) is 50.2 Å². The molecule has 0 heterocycles. The first-order valence-electron chi connectivity index (χ1n) is 7.75. The molecule has 0 saturated carbocycles. The van der Waals surface area contributed by atoms with Gasteiger partial charge in [-0.2, -0.15) is 0 Å². The zero-order valence-corrected chi connectivity index (χ0v) is 14.1. The van der Waals surface area contributed by atoms with Crippen LogP contribution in [0.4, 0.5) is 0 Å². The highest BCUT2D eigenvalue weighted by Gasteiger charge is 2.12. The monoisotopic (exact) mass is 286 g/mol. The minimum Gasteiger partial charge on any atom is -0.343 e. The summed E-state index contributed by atoms with van der Waals surface area (Å²) in [5.74, 6) is 0.281. The van der Waals surface area contributed by atoms with Crippen molar-refractivity contribution in [2.75, 3.05) is 67.5 Å². The van der Waals surface area contributed by atoms with Gasteiger partial charge in [0.2, 0.25) is 5.91 Å². The van der Waals surface area contributed by atoms with Crippen molar-refractivity contribution >= 4 is 5.91 Å². The number of hydrogen-bond donors (Lipinski definition) is 1. The highest BCUT2D eigenvalue weighted by Crippen LogP contribution is 2.00. The number of rotatable bonds is 12. The molecule has 0 saturated heterocycles. The second-order valence-corrected chi connectivity index (χ2v) is 5.80. The average Bonchev–Trinajstić information content (AvgIpc) is 2.36. The number of amides is 1. The van der Waals surface area contributed by atoms with E-state index in [0.29, 0.717) is 6.42 Å². The molecule has 0 bridgehead atoms. The molecule has 1 amide bonds. The van der Waals surface area contributed by atoms with Crippen molar-refractivity contribution in [2.24, 2.45) is 0 Å². The smallest absolute Gasteiger partial charge is 0.223 e. The van der Waals surface area contributed by atoms with Gasteiger partial charge in [-0.15, -0.1) is 0 Å². The van der Waals surface area contributed by atoms with E-state index in [4.69, 9.17) is 0 Å². The molecule has 0 aromatic heterocycles. The molecule has 0 aromatic rings. The van der Waals surface area contributed by atoms with Gasteiger partial charge in [0.05, 0.1) is 0 Å². The molecule has 0 aliphatic heterocycles. The van der Waals surface area contributed by atoms with E-state index >= 15 is 0 Å². The zero-order valence-electron chi connectivity index (χ0n) is 14.1. The summed E-state index contributed by atoms with van der Waals surface area (Å²) < 4.78 is 0. The lowest BCUT2D eigenvalue weighted by Gasteiger charge is -2.24. The van der Waals surface area contributed by atoms with Gasteiger partial charge in [-0.3, -0.25) is 4.79 Å². The van der Waals surface area contributed by atoms with E-state index < -0.39 is 0 Å². The van der Waals surface area contributed by atoms with E-state index in [1.165, 1.54) is 0 Å². The second-order valence-electron chi connectivity index (χ2n) is 5.80. The summed E-state index contributed by atoms with van der Waals surface area (Å²) >= 11 is 0. The van der Waals surface area contributed by atoms with Crippen molar-refractivity contribution in [2.45, 2.75) is 26.2 Å². The normalized spacial score (nSPS) is 11.3. The van der Waals surface area contributed by atoms with Crippen LogP contribution in [0.25, 0.3) is 0 Å². The highest BCUT2D eigenvalue weighted by molar-refractivity contribution is 5.76. The number of carbonyl (C=O) groups excluding carboxylic acids is 1. The number of carbonyl (C=O) groups is 1. The van der Waals surface area contributed by atoms with Crippen molar-refractivity contribution in [1.29, 1.82) is 0 Å². The summed E-state index contributed by atoms with van der Waals surface area (Å²) in [6.45, 7) is 7.58. The van der Waals surface area contributed by atoms with Gasteiger partial charge in [-0.1, -0.05) is 6.92 Å². The molecule has 5 heteroatoms. The predicted molar refractivity (Wildman–Crippen MR) is 86.1 cm³/mol. The number of nitrogens with one attached hydrogen (secondary N) is 1. The summed E-state index contributed by atoms with van der Waals surface area (Å²) in [7, 11) is 8.29. The average molecular weight is 286 g/mol. The Morgan fingerprint density at radius 2 is 1.40 bits per heavy atom. The van der Waals surface area contributed by atoms with Gasteiger partial charge < -0.3 is 20.0 Å². The van der Waals surface area contributed by atoms with Crippen LogP contribution in [0, 0.1) is 0 Å². The van der Waals surface area contributed by atoms with Gasteiger partial charge in [0.1, 0.15) is 0 Å². The van der Waals surface area contributed by atoms with Crippen LogP contribution >= 0.6 is 0 Å². The molecule has 0 spiro atoms. The van der Waals surface area contributed by atoms with Crippen molar-refractivity contribution in [3.63, 3.8) is 0 Å². The first kappa shape index (κ1) is 19.4. The molecule has 0 rings (SSSR count). The molecule has 120 valence electrons. The standard InChI is InChI=1S/C15H34N4O/c1-6-16-10-9-15(20)19(13-7-11-17(2)3)14-8-12-18(4)5/h16H,6-14H2,1-5H3. The van der Waals surface area contributed by atoms with Gasteiger partial charge in [0, 0.05) is 26.1 Å². The van der Waals surface area contributed by atoms with E-state index in [1.54, 1.807) is 0 Å². The van der Waals surface area contributed by atoms with Crippen molar-refractivity contribution in [3.8, 4) is 0 Å². The molecule has 0 aromatic carbocycles. The molecule has 0 aliphatic carbocycles. The van der Waals surface area contributed by atoms with E-state index in [0.717, 1.165) is 52.1 Å². The van der Waals surface area contributed by atoms with Gasteiger partial charge in [-0.05, 0) is 60.7 Å². The molecule has 5 nitrogen and oxygen atoms in total. The molecule has 0 unspecified atom stereocenters. The lowest BCUT2D eigenvalue weighted by atomic mass is 10.2. The SMILES string of the molecule is CCNCCC(=O)N(CCCN(C)C)CCCN(C)C. The Kier molecular flexibility index (Phi) is 11.7. The lowest BCUT2D eigenvalue weighted by molar-refractivity contribution is -0.131. The molecule has 0 fully saturated rings. The second kappa shape index (κ2) is 12.1. The summed E-state index contributed by atoms with van der Waals surface area (Å²) in [6.07, 6.45) is 2.70. The molecule has 1 N–H and O–H groups in total. The quantitative estimate of drug-likeness (QED) is 0.537. The Labute approximate surface area is 125 Å². The van der Waals surface area contributed by atoms with E-state index in [1.807, 2.05) is 4.90 Å². The van der Waals surface area contributed by atoms with Crippen molar-refractivity contribution < 1.29 is 4.79 Å². The maximum atomic E-state index is 12.2. The van der Waals surface area contributed by atoms with Crippen LogP contribution in [-0.2, 0) is 4.79 Å². The van der Waals surface area contributed by atoms with Crippen molar-refractivity contribution in [1.82, 2.24) is 20.0 Å². The van der Waals surface area contributed by atoms with Crippen LogP contribution in [0.3, 0.4) is 0 Å². The van der Waals surface area contributed by atoms with Gasteiger partial charge in [0.15, 0.2) is 0 Å². The third kappa shape index (κ3) is 11.2. The largest absolute Gasteiger partial charge is 0.343 e. The fraction of sp³-hybridized carbons (Fsp3) is 0.933. The third-order valence-corrected chi connectivity index (χ3v) is 3.19. The first-order valence-corrected chi connectivity index (χ1v) is 7.75. The fourth-order valence-electron chi connectivity index (χ4n) is 2.05. The van der Waals surface area contributed by atoms with Crippen LogP contribution in [0.5, 0.6) is 0 Å². The van der Waals surface area contributed by atoms with Gasteiger partial charge >= 0.3 is 0 Å². The maximum absolute atomic E-state index is 12.2. The summed E-state index contributed by atoms with van der Waals surface area (Å²) in [6, 6.07) is 0. The topological polar surface area (TPSA) is 38.8 Å². The van der Waals surface area contributed by atoms with E-state index in [9.17, 15) is 4.79 Å². The molecule has 0 radical (unpaired) electrons. The van der Waals surface area contributed by atoms with Crippen LogP contribution in [0.2, 0.25) is 0 Å². The third-order valence-electron chi connectivity index (χ3n) is 3.19. The summed E-state index contributed by atoms with van der Waals surface area (Å²) in [5.41, 5.74) is 0. The first-order chi connectivity index (χ1) is 9.47. The molecule has 0 atom stereocenters. The number of hydrogen-bond acceptors (Lipinski definition) is 4. The van der Waals surface area contributed by atoms with Gasteiger partial charge in [0.25, 0.3) is 0 Å². The molecule has 20 heavy (non-hydrogen) atoms. The highest BCUT2D eigenvalue weighted by atomic mass is 16.2. The van der Waals surface area contributed by atoms with Crippen LogP contribution in [0.1, 0.15) is 26.2 Å². The Morgan fingerprint density at radius 3 is 1.80 bits per heavy atom. The van der Waals surface area contributed by atoms with Crippen LogP contribution in [0.15, 0.2) is 0 Å². The Balaban J connectivity index is 4.11. The van der Waals surface area contributed by atoms with Gasteiger partial charge in [-0.25, -0.2) is 0 Å². The predicted octanol–water partition coefficient (Wildman–Crippen LogP) is 0.718. The minimum absolute atomic E-state index is 0.281. The molecular formula is C15H34N4O. The molecule has 0 aliphatic rings. The lowest BCUT2D eigenvalue weighted by Crippen LogP contribution is -2.36. The molecular weight excluding hydrogens is 252 g/mol. The van der Waals surface area contributed by atoms with E-state index in [-0.39, 0.29) is 5.91 Å². The summed E-state index contributed by atoms with van der Waals surface area (Å²) in [5, 5.41) is 3.22. The Morgan fingerprint density at radius 1 is 0.900 bits per heavy atom.